The van der Waals surface area contributed by atoms with E-state index in [0.717, 1.165) is 12.8 Å². The molecule has 0 bridgehead atoms. The minimum absolute atomic E-state index is 0. The van der Waals surface area contributed by atoms with Gasteiger partial charge in [-0.1, -0.05) is 17.3 Å². The highest BCUT2D eigenvalue weighted by molar-refractivity contribution is 5.99. The average molecular weight is 323 g/mol. The van der Waals surface area contributed by atoms with Crippen molar-refractivity contribution in [1.29, 1.82) is 0 Å². The van der Waals surface area contributed by atoms with Gasteiger partial charge in [0.15, 0.2) is 5.82 Å². The molecule has 1 unspecified atom stereocenters. The number of benzene rings is 1. The summed E-state index contributed by atoms with van der Waals surface area (Å²) in [6, 6.07) is 7.21. The Balaban J connectivity index is 0.00000176. The second-order valence-electron chi connectivity index (χ2n) is 5.40. The Hall–Kier alpha value is -1.92. The summed E-state index contributed by atoms with van der Waals surface area (Å²) in [5.74, 6) is 1.28. The maximum absolute atomic E-state index is 12.3. The van der Waals surface area contributed by atoms with Gasteiger partial charge in [-0.25, -0.2) is 0 Å². The van der Waals surface area contributed by atoms with Crippen molar-refractivity contribution in [2.45, 2.75) is 25.8 Å². The molecule has 3 N–H and O–H groups in total. The van der Waals surface area contributed by atoms with Gasteiger partial charge in [0.25, 0.3) is 11.8 Å². The molecule has 118 valence electrons. The number of amides is 1. The maximum atomic E-state index is 12.3. The summed E-state index contributed by atoms with van der Waals surface area (Å²) in [5.41, 5.74) is 7.15. The number of carbonyl (C=O) groups is 1. The molecule has 6 nitrogen and oxygen atoms in total. The Morgan fingerprint density at radius 1 is 1.45 bits per heavy atom. The Bertz CT molecular complexity index is 654. The molecule has 1 aromatic carbocycles. The van der Waals surface area contributed by atoms with Gasteiger partial charge in [-0.2, -0.15) is 4.98 Å². The summed E-state index contributed by atoms with van der Waals surface area (Å²) in [4.78, 5) is 16.5. The molecular formula is C15H19ClN4O2. The zero-order valence-electron chi connectivity index (χ0n) is 12.3. The predicted molar refractivity (Wildman–Crippen MR) is 84.8 cm³/mol. The summed E-state index contributed by atoms with van der Waals surface area (Å²) < 4.78 is 5.15. The number of halogens is 1. The fourth-order valence-electron chi connectivity index (χ4n) is 2.27. The fraction of sp³-hybridized carbons (Fsp3) is 0.400. The van der Waals surface area contributed by atoms with Crippen LogP contribution in [0, 0.1) is 12.8 Å². The van der Waals surface area contributed by atoms with Crippen LogP contribution in [-0.2, 0) is 0 Å². The number of nitrogens with zero attached hydrogens (tertiary/aromatic N) is 2. The van der Waals surface area contributed by atoms with Gasteiger partial charge in [0.05, 0.1) is 11.1 Å². The lowest BCUT2D eigenvalue weighted by Gasteiger charge is -2.12. The van der Waals surface area contributed by atoms with Crippen LogP contribution >= 0.6 is 12.4 Å². The zero-order valence-corrected chi connectivity index (χ0v) is 13.1. The van der Waals surface area contributed by atoms with Gasteiger partial charge in [-0.05, 0) is 37.8 Å². The molecule has 0 radical (unpaired) electrons. The summed E-state index contributed by atoms with van der Waals surface area (Å²) in [6.07, 6.45) is 2.32. The molecule has 1 atom stereocenters. The van der Waals surface area contributed by atoms with E-state index in [4.69, 9.17) is 10.3 Å². The van der Waals surface area contributed by atoms with Crippen LogP contribution in [0.25, 0.3) is 11.5 Å². The maximum Gasteiger partial charge on any atom is 0.258 e. The van der Waals surface area contributed by atoms with Crippen LogP contribution < -0.4 is 11.1 Å². The highest BCUT2D eigenvalue weighted by atomic mass is 35.5. The molecule has 1 fully saturated rings. The van der Waals surface area contributed by atoms with Crippen molar-refractivity contribution >= 4 is 18.3 Å². The van der Waals surface area contributed by atoms with E-state index in [-0.39, 0.29) is 24.4 Å². The summed E-state index contributed by atoms with van der Waals surface area (Å²) in [6.45, 7) is 2.23. The highest BCUT2D eigenvalue weighted by Gasteiger charge is 2.28. The van der Waals surface area contributed by atoms with Crippen LogP contribution in [-0.4, -0.2) is 28.6 Å². The smallest absolute Gasteiger partial charge is 0.258 e. The predicted octanol–water partition coefficient (Wildman–Crippen LogP) is 1.93. The molecule has 1 aliphatic rings. The van der Waals surface area contributed by atoms with E-state index < -0.39 is 0 Å². The molecule has 7 heteroatoms. The minimum atomic E-state index is -0.169. The summed E-state index contributed by atoms with van der Waals surface area (Å²) >= 11 is 0. The first kappa shape index (κ1) is 16.5. The number of nitrogens with one attached hydrogen (secondary N) is 1. The van der Waals surface area contributed by atoms with E-state index >= 15 is 0 Å². The summed E-state index contributed by atoms with van der Waals surface area (Å²) in [7, 11) is 0. The first-order chi connectivity index (χ1) is 10.1. The number of hydrogen-bond donors (Lipinski definition) is 2. The number of hydrogen-bond acceptors (Lipinski definition) is 5. The molecule has 1 heterocycles. The van der Waals surface area contributed by atoms with Crippen molar-refractivity contribution in [1.82, 2.24) is 15.5 Å². The van der Waals surface area contributed by atoms with Crippen molar-refractivity contribution in [3.8, 4) is 11.5 Å². The van der Waals surface area contributed by atoms with E-state index in [1.165, 1.54) is 0 Å². The van der Waals surface area contributed by atoms with E-state index in [2.05, 4.69) is 15.5 Å². The van der Waals surface area contributed by atoms with E-state index in [1.807, 2.05) is 12.1 Å². The van der Waals surface area contributed by atoms with Crippen LogP contribution in [0.15, 0.2) is 28.8 Å². The number of nitrogens with two attached hydrogens (primary N) is 1. The SMILES string of the molecule is Cc1noc(-c2ccccc2C(=O)NCC(N)C2CC2)n1.Cl. The lowest BCUT2D eigenvalue weighted by molar-refractivity contribution is 0.0950. The lowest BCUT2D eigenvalue weighted by Crippen LogP contribution is -2.38. The Morgan fingerprint density at radius 3 is 2.82 bits per heavy atom. The third-order valence-electron chi connectivity index (χ3n) is 3.66. The van der Waals surface area contributed by atoms with Crippen molar-refractivity contribution in [3.05, 3.63) is 35.7 Å². The third-order valence-corrected chi connectivity index (χ3v) is 3.66. The standard InChI is InChI=1S/C15H18N4O2.ClH/c1-9-18-15(21-19-9)12-5-3-2-4-11(12)14(20)17-8-13(16)10-6-7-10;/h2-5,10,13H,6-8,16H2,1H3,(H,17,20);1H. The minimum Gasteiger partial charge on any atom is -0.350 e. The van der Waals surface area contributed by atoms with Crippen molar-refractivity contribution in [2.24, 2.45) is 11.7 Å². The average Bonchev–Trinajstić information content (AvgIpc) is 3.26. The van der Waals surface area contributed by atoms with Crippen LogP contribution in [0.2, 0.25) is 0 Å². The number of rotatable bonds is 5. The van der Waals surface area contributed by atoms with Crippen LogP contribution in [0.4, 0.5) is 0 Å². The van der Waals surface area contributed by atoms with Gasteiger partial charge >= 0.3 is 0 Å². The van der Waals surface area contributed by atoms with Gasteiger partial charge in [-0.15, -0.1) is 12.4 Å². The zero-order chi connectivity index (χ0) is 14.8. The normalized spacial score (nSPS) is 15.0. The van der Waals surface area contributed by atoms with E-state index in [0.29, 0.717) is 35.3 Å². The third kappa shape index (κ3) is 3.64. The largest absolute Gasteiger partial charge is 0.350 e. The van der Waals surface area contributed by atoms with Gasteiger partial charge in [-0.3, -0.25) is 4.79 Å². The first-order valence-corrected chi connectivity index (χ1v) is 7.08. The summed E-state index contributed by atoms with van der Waals surface area (Å²) in [5, 5.41) is 6.64. The van der Waals surface area contributed by atoms with Crippen molar-refractivity contribution in [2.75, 3.05) is 6.54 Å². The fourth-order valence-corrected chi connectivity index (χ4v) is 2.27. The molecule has 2 aromatic rings. The number of aryl methyl sites for hydroxylation is 1. The van der Waals surface area contributed by atoms with Gasteiger partial charge in [0.2, 0.25) is 0 Å². The van der Waals surface area contributed by atoms with Crippen LogP contribution in [0.1, 0.15) is 29.0 Å². The molecule has 0 spiro atoms. The topological polar surface area (TPSA) is 94.0 Å². The van der Waals surface area contributed by atoms with Gasteiger partial charge < -0.3 is 15.6 Å². The molecule has 1 aliphatic carbocycles. The number of carbonyl (C=O) groups excluding carboxylic acids is 1. The second kappa shape index (κ2) is 6.89. The molecule has 0 aliphatic heterocycles. The van der Waals surface area contributed by atoms with Gasteiger partial charge in [0.1, 0.15) is 0 Å². The lowest BCUT2D eigenvalue weighted by atomic mass is 10.1. The molecule has 1 aromatic heterocycles. The highest BCUT2D eigenvalue weighted by Crippen LogP contribution is 2.31. The Morgan fingerprint density at radius 2 is 2.18 bits per heavy atom. The molecule has 22 heavy (non-hydrogen) atoms. The molecule has 0 saturated heterocycles. The monoisotopic (exact) mass is 322 g/mol. The first-order valence-electron chi connectivity index (χ1n) is 7.08. The molecule has 1 amide bonds. The quantitative estimate of drug-likeness (QED) is 0.877. The van der Waals surface area contributed by atoms with Gasteiger partial charge in [0, 0.05) is 12.6 Å². The van der Waals surface area contributed by atoms with E-state index in [9.17, 15) is 4.79 Å². The molecule has 3 rings (SSSR count). The molecule has 1 saturated carbocycles. The van der Waals surface area contributed by atoms with Crippen LogP contribution in [0.5, 0.6) is 0 Å². The second-order valence-corrected chi connectivity index (χ2v) is 5.40. The van der Waals surface area contributed by atoms with Crippen LogP contribution in [0.3, 0.4) is 0 Å². The van der Waals surface area contributed by atoms with Crippen molar-refractivity contribution < 1.29 is 9.32 Å². The molecular weight excluding hydrogens is 304 g/mol. The van der Waals surface area contributed by atoms with Crippen molar-refractivity contribution in [3.63, 3.8) is 0 Å². The number of aromatic nitrogens is 2. The van der Waals surface area contributed by atoms with E-state index in [1.54, 1.807) is 19.1 Å². The Labute approximate surface area is 134 Å². The Kier molecular flexibility index (Phi) is 5.15.